The second-order valence-electron chi connectivity index (χ2n) is 12.8. The summed E-state index contributed by atoms with van der Waals surface area (Å²) in [5, 5.41) is 3.30. The predicted octanol–water partition coefficient (Wildman–Crippen LogP) is 4.12. The van der Waals surface area contributed by atoms with Gasteiger partial charge in [0.25, 0.3) is 5.91 Å². The standard InChI is InChI=1S/C29H49N5O6/c1-19(2)16-34(21-14-20(25(36)39-10)17-33(18-21)27(37)40-29(6,7)8)24(35)22-15-31-26(28(3,4)5)32-23(22)30-12-11-13-38-9/h15,19-21H,11-14,16-18H2,1-10H3,(H,30,31,32)/t20-,21+/m1/s1. The minimum atomic E-state index is -0.701. The largest absolute Gasteiger partial charge is 0.469 e. The summed E-state index contributed by atoms with van der Waals surface area (Å²) in [4.78, 5) is 52.5. The van der Waals surface area contributed by atoms with Gasteiger partial charge in [-0.1, -0.05) is 34.6 Å². The zero-order valence-corrected chi connectivity index (χ0v) is 26.0. The average Bonchev–Trinajstić information content (AvgIpc) is 2.86. The Morgan fingerprint density at radius 2 is 1.80 bits per heavy atom. The van der Waals surface area contributed by atoms with Gasteiger partial charge >= 0.3 is 12.1 Å². The van der Waals surface area contributed by atoms with E-state index >= 15 is 0 Å². The lowest BCUT2D eigenvalue weighted by molar-refractivity contribution is -0.148. The van der Waals surface area contributed by atoms with Crippen LogP contribution in [0.3, 0.4) is 0 Å². The van der Waals surface area contributed by atoms with Gasteiger partial charge < -0.3 is 29.3 Å². The molecule has 226 valence electrons. The van der Waals surface area contributed by atoms with Crippen molar-refractivity contribution in [3.8, 4) is 0 Å². The van der Waals surface area contributed by atoms with Gasteiger partial charge in [0.1, 0.15) is 22.8 Å². The SMILES string of the molecule is COCCCNc1nc(C(C)(C)C)ncc1C(=O)N(CC(C)C)[C@H]1C[C@@H](C(=O)OC)CN(C(=O)OC(C)(C)C)C1. The molecule has 2 amide bonds. The van der Waals surface area contributed by atoms with Gasteiger partial charge in [0, 0.05) is 51.5 Å². The molecule has 0 unspecified atom stereocenters. The summed E-state index contributed by atoms with van der Waals surface area (Å²) in [6.07, 6.45) is 2.15. The number of ether oxygens (including phenoxy) is 3. The first kappa shape index (κ1) is 33.3. The number of nitrogens with zero attached hydrogens (tertiary/aromatic N) is 4. The quantitative estimate of drug-likeness (QED) is 0.331. The number of hydrogen-bond donors (Lipinski definition) is 1. The molecular formula is C29H49N5O6. The van der Waals surface area contributed by atoms with Crippen LogP contribution in [0.1, 0.15) is 84.4 Å². The van der Waals surface area contributed by atoms with E-state index in [2.05, 4.69) is 10.3 Å². The summed E-state index contributed by atoms with van der Waals surface area (Å²) >= 11 is 0. The molecule has 40 heavy (non-hydrogen) atoms. The molecule has 1 aromatic heterocycles. The van der Waals surface area contributed by atoms with E-state index in [4.69, 9.17) is 19.2 Å². The molecular weight excluding hydrogens is 514 g/mol. The maximum atomic E-state index is 14.2. The maximum Gasteiger partial charge on any atom is 0.410 e. The van der Waals surface area contributed by atoms with Gasteiger partial charge in [-0.25, -0.2) is 14.8 Å². The van der Waals surface area contributed by atoms with Crippen LogP contribution in [0.4, 0.5) is 10.6 Å². The van der Waals surface area contributed by atoms with Crippen LogP contribution in [-0.2, 0) is 24.4 Å². The smallest absolute Gasteiger partial charge is 0.410 e. The predicted molar refractivity (Wildman–Crippen MR) is 153 cm³/mol. The third-order valence-corrected chi connectivity index (χ3v) is 6.39. The normalized spacial score (nSPS) is 17.9. The van der Waals surface area contributed by atoms with Gasteiger partial charge in [-0.2, -0.15) is 0 Å². The van der Waals surface area contributed by atoms with E-state index < -0.39 is 29.6 Å². The summed E-state index contributed by atoms with van der Waals surface area (Å²) in [6, 6.07) is -0.441. The maximum absolute atomic E-state index is 14.2. The Morgan fingerprint density at radius 3 is 2.35 bits per heavy atom. The Morgan fingerprint density at radius 1 is 1.12 bits per heavy atom. The number of anilines is 1. The molecule has 1 N–H and O–H groups in total. The topological polar surface area (TPSA) is 123 Å². The highest BCUT2D eigenvalue weighted by molar-refractivity contribution is 5.98. The zero-order valence-electron chi connectivity index (χ0n) is 26.0. The van der Waals surface area contributed by atoms with Crippen LogP contribution in [0.2, 0.25) is 0 Å². The zero-order chi connectivity index (χ0) is 30.3. The monoisotopic (exact) mass is 563 g/mol. The summed E-state index contributed by atoms with van der Waals surface area (Å²) in [7, 11) is 2.98. The number of carbonyl (C=O) groups excluding carboxylic acids is 3. The number of hydrogen-bond acceptors (Lipinski definition) is 9. The van der Waals surface area contributed by atoms with Crippen LogP contribution in [-0.4, -0.2) is 96.4 Å². The van der Waals surface area contributed by atoms with E-state index in [9.17, 15) is 14.4 Å². The van der Waals surface area contributed by atoms with E-state index in [0.29, 0.717) is 43.3 Å². The molecule has 0 aromatic carbocycles. The first-order valence-corrected chi connectivity index (χ1v) is 14.0. The second-order valence-corrected chi connectivity index (χ2v) is 12.8. The van der Waals surface area contributed by atoms with Gasteiger partial charge in [0.15, 0.2) is 0 Å². The fourth-order valence-electron chi connectivity index (χ4n) is 4.51. The molecule has 2 heterocycles. The van der Waals surface area contributed by atoms with Crippen molar-refractivity contribution >= 4 is 23.8 Å². The Kier molecular flexibility index (Phi) is 11.7. The Bertz CT molecular complexity index is 1020. The van der Waals surface area contributed by atoms with Gasteiger partial charge in [-0.15, -0.1) is 0 Å². The van der Waals surface area contributed by atoms with Crippen molar-refractivity contribution in [1.29, 1.82) is 0 Å². The summed E-state index contributed by atoms with van der Waals surface area (Å²) in [5.41, 5.74) is -0.670. The molecule has 1 saturated heterocycles. The molecule has 2 atom stereocenters. The Hall–Kier alpha value is -2.95. The van der Waals surface area contributed by atoms with Crippen molar-refractivity contribution in [2.45, 2.75) is 85.3 Å². The number of methoxy groups -OCH3 is 2. The van der Waals surface area contributed by atoms with Crippen LogP contribution < -0.4 is 5.32 Å². The second kappa shape index (κ2) is 14.1. The van der Waals surface area contributed by atoms with E-state index in [-0.39, 0.29) is 30.3 Å². The van der Waals surface area contributed by atoms with Crippen molar-refractivity contribution in [3.63, 3.8) is 0 Å². The number of aromatic nitrogens is 2. The van der Waals surface area contributed by atoms with Crippen LogP contribution in [0.25, 0.3) is 0 Å². The molecule has 1 aromatic rings. The first-order chi connectivity index (χ1) is 18.6. The highest BCUT2D eigenvalue weighted by Gasteiger charge is 2.40. The molecule has 11 heteroatoms. The van der Waals surface area contributed by atoms with Crippen molar-refractivity contribution in [1.82, 2.24) is 19.8 Å². The third-order valence-electron chi connectivity index (χ3n) is 6.39. The summed E-state index contributed by atoms with van der Waals surface area (Å²) in [5.74, 6) is -0.0702. The fraction of sp³-hybridized carbons (Fsp3) is 0.759. The Balaban J connectivity index is 2.49. The number of carbonyl (C=O) groups is 3. The number of likely N-dealkylation sites (tertiary alicyclic amines) is 1. The third kappa shape index (κ3) is 9.60. The molecule has 11 nitrogen and oxygen atoms in total. The number of esters is 1. The lowest BCUT2D eigenvalue weighted by Crippen LogP contribution is -2.57. The number of piperidine rings is 1. The van der Waals surface area contributed by atoms with Crippen LogP contribution >= 0.6 is 0 Å². The molecule has 1 aliphatic rings. The van der Waals surface area contributed by atoms with E-state index in [1.165, 1.54) is 12.0 Å². The Labute approximate surface area is 239 Å². The van der Waals surface area contributed by atoms with E-state index in [1.807, 2.05) is 34.6 Å². The van der Waals surface area contributed by atoms with Gasteiger partial charge in [-0.3, -0.25) is 9.59 Å². The van der Waals surface area contributed by atoms with E-state index in [0.717, 1.165) is 6.42 Å². The van der Waals surface area contributed by atoms with Crippen molar-refractivity contribution in [3.05, 3.63) is 17.6 Å². The fourth-order valence-corrected chi connectivity index (χ4v) is 4.51. The molecule has 1 fully saturated rings. The molecule has 2 rings (SSSR count). The van der Waals surface area contributed by atoms with Gasteiger partial charge in [-0.05, 0) is 39.5 Å². The molecule has 0 saturated carbocycles. The van der Waals surface area contributed by atoms with Gasteiger partial charge in [0.2, 0.25) is 0 Å². The molecule has 0 bridgehead atoms. The van der Waals surface area contributed by atoms with Crippen LogP contribution in [0.5, 0.6) is 0 Å². The summed E-state index contributed by atoms with van der Waals surface area (Å²) in [6.45, 7) is 17.4. The summed E-state index contributed by atoms with van der Waals surface area (Å²) < 4.78 is 15.8. The van der Waals surface area contributed by atoms with Gasteiger partial charge in [0.05, 0.1) is 19.1 Å². The molecule has 0 aliphatic carbocycles. The lowest BCUT2D eigenvalue weighted by Gasteiger charge is -2.42. The van der Waals surface area contributed by atoms with Crippen molar-refractivity contribution < 1.29 is 28.6 Å². The highest BCUT2D eigenvalue weighted by Crippen LogP contribution is 2.28. The highest BCUT2D eigenvalue weighted by atomic mass is 16.6. The molecule has 1 aliphatic heterocycles. The first-order valence-electron chi connectivity index (χ1n) is 14.0. The minimum Gasteiger partial charge on any atom is -0.469 e. The number of rotatable bonds is 10. The average molecular weight is 564 g/mol. The van der Waals surface area contributed by atoms with Crippen LogP contribution in [0.15, 0.2) is 6.20 Å². The number of nitrogens with one attached hydrogen (secondary N) is 1. The number of amides is 2. The molecule has 0 radical (unpaired) electrons. The van der Waals surface area contributed by atoms with Crippen LogP contribution in [0, 0.1) is 11.8 Å². The molecule has 0 spiro atoms. The van der Waals surface area contributed by atoms with Crippen molar-refractivity contribution in [2.24, 2.45) is 11.8 Å². The van der Waals surface area contributed by atoms with E-state index in [1.54, 1.807) is 39.0 Å². The lowest BCUT2D eigenvalue weighted by atomic mass is 9.92. The van der Waals surface area contributed by atoms with Crippen molar-refractivity contribution in [2.75, 3.05) is 52.3 Å². The minimum absolute atomic E-state index is 0.130.